The van der Waals surface area contributed by atoms with Crippen LogP contribution >= 0.6 is 11.6 Å². The Hall–Kier alpha value is -1.32. The average Bonchev–Trinajstić information content (AvgIpc) is 2.46. The zero-order valence-electron chi connectivity index (χ0n) is 10.8. The lowest BCUT2D eigenvalue weighted by molar-refractivity contribution is -0.130. The molecule has 1 unspecified atom stereocenters. The van der Waals surface area contributed by atoms with Gasteiger partial charge in [0.1, 0.15) is 0 Å². The largest absolute Gasteiger partial charge is 0.394 e. The van der Waals surface area contributed by atoms with E-state index in [1.165, 1.54) is 6.08 Å². The van der Waals surface area contributed by atoms with Crippen molar-refractivity contribution >= 4 is 23.6 Å². The van der Waals surface area contributed by atoms with Gasteiger partial charge < -0.3 is 10.0 Å². The van der Waals surface area contributed by atoms with Gasteiger partial charge in [-0.05, 0) is 37.0 Å². The topological polar surface area (TPSA) is 40.5 Å². The number of halogens is 1. The number of aliphatic hydroxyl groups is 1. The number of amides is 1. The molecule has 1 saturated heterocycles. The van der Waals surface area contributed by atoms with Crippen LogP contribution in [0.2, 0.25) is 5.02 Å². The molecule has 0 radical (unpaired) electrons. The fraction of sp³-hybridized carbons (Fsp3) is 0.400. The zero-order valence-corrected chi connectivity index (χ0v) is 11.5. The third kappa shape index (κ3) is 3.58. The predicted octanol–water partition coefficient (Wildman–Crippen LogP) is 2.73. The van der Waals surface area contributed by atoms with E-state index in [1.54, 1.807) is 17.0 Å². The van der Waals surface area contributed by atoms with E-state index in [9.17, 15) is 9.90 Å². The fourth-order valence-corrected chi connectivity index (χ4v) is 2.55. The van der Waals surface area contributed by atoms with Gasteiger partial charge in [-0.15, -0.1) is 0 Å². The van der Waals surface area contributed by atoms with Crippen LogP contribution in [0.3, 0.4) is 0 Å². The molecule has 1 atom stereocenters. The number of hydrogen-bond acceptors (Lipinski definition) is 2. The molecular formula is C15H18ClNO2. The molecule has 0 aliphatic carbocycles. The van der Waals surface area contributed by atoms with E-state index in [1.807, 2.05) is 18.2 Å². The monoisotopic (exact) mass is 279 g/mol. The van der Waals surface area contributed by atoms with Gasteiger partial charge in [0.05, 0.1) is 12.6 Å². The maximum absolute atomic E-state index is 12.1. The van der Waals surface area contributed by atoms with Gasteiger partial charge in [0.25, 0.3) is 0 Å². The molecular weight excluding hydrogens is 262 g/mol. The molecule has 0 bridgehead atoms. The summed E-state index contributed by atoms with van der Waals surface area (Å²) in [4.78, 5) is 13.9. The molecule has 1 aromatic carbocycles. The van der Waals surface area contributed by atoms with Gasteiger partial charge in [0.15, 0.2) is 0 Å². The number of aliphatic hydroxyl groups excluding tert-OH is 1. The summed E-state index contributed by atoms with van der Waals surface area (Å²) in [7, 11) is 0. The normalized spacial score (nSPS) is 19.9. The van der Waals surface area contributed by atoms with Crippen molar-refractivity contribution in [2.75, 3.05) is 13.2 Å². The second kappa shape index (κ2) is 6.73. The lowest BCUT2D eigenvalue weighted by Crippen LogP contribution is -2.44. The standard InChI is InChI=1S/C15H18ClNO2/c16-14-7-2-1-5-12(14)8-9-15(19)17-10-4-3-6-13(17)11-18/h1-2,5,7-9,13,18H,3-4,6,10-11H2/b9-8+. The van der Waals surface area contributed by atoms with Crippen LogP contribution in [0.15, 0.2) is 30.3 Å². The van der Waals surface area contributed by atoms with E-state index in [0.29, 0.717) is 5.02 Å². The minimum absolute atomic E-state index is 0.0334. The Morgan fingerprint density at radius 3 is 2.95 bits per heavy atom. The van der Waals surface area contributed by atoms with Crippen LogP contribution in [0.25, 0.3) is 6.08 Å². The van der Waals surface area contributed by atoms with Crippen molar-refractivity contribution in [2.24, 2.45) is 0 Å². The molecule has 3 nitrogen and oxygen atoms in total. The van der Waals surface area contributed by atoms with Gasteiger partial charge in [-0.1, -0.05) is 29.8 Å². The van der Waals surface area contributed by atoms with Gasteiger partial charge in [0.2, 0.25) is 5.91 Å². The number of carbonyl (C=O) groups excluding carboxylic acids is 1. The fourth-order valence-electron chi connectivity index (χ4n) is 2.35. The quantitative estimate of drug-likeness (QED) is 0.865. The Kier molecular flexibility index (Phi) is 5.00. The SMILES string of the molecule is O=C(/C=C/c1ccccc1Cl)N1CCCCC1CO. The molecule has 1 N–H and O–H groups in total. The van der Waals surface area contributed by atoms with Crippen molar-refractivity contribution in [3.05, 3.63) is 40.9 Å². The van der Waals surface area contributed by atoms with Crippen LogP contribution < -0.4 is 0 Å². The van der Waals surface area contributed by atoms with Gasteiger partial charge in [-0.2, -0.15) is 0 Å². The Bertz CT molecular complexity index is 473. The summed E-state index contributed by atoms with van der Waals surface area (Å²) in [6.45, 7) is 0.753. The summed E-state index contributed by atoms with van der Waals surface area (Å²) in [5, 5.41) is 9.93. The Labute approximate surface area is 118 Å². The Morgan fingerprint density at radius 1 is 1.42 bits per heavy atom. The van der Waals surface area contributed by atoms with Crippen molar-refractivity contribution in [2.45, 2.75) is 25.3 Å². The number of likely N-dealkylation sites (tertiary alicyclic amines) is 1. The molecule has 1 fully saturated rings. The smallest absolute Gasteiger partial charge is 0.246 e. The molecule has 2 rings (SSSR count). The van der Waals surface area contributed by atoms with Crippen molar-refractivity contribution < 1.29 is 9.90 Å². The minimum Gasteiger partial charge on any atom is -0.394 e. The van der Waals surface area contributed by atoms with Crippen molar-refractivity contribution in [1.82, 2.24) is 4.90 Å². The number of piperidine rings is 1. The van der Waals surface area contributed by atoms with Crippen LogP contribution in [0.4, 0.5) is 0 Å². The van der Waals surface area contributed by atoms with Crippen LogP contribution in [-0.2, 0) is 4.79 Å². The second-order valence-corrected chi connectivity index (χ2v) is 5.13. The highest BCUT2D eigenvalue weighted by atomic mass is 35.5. The molecule has 0 spiro atoms. The number of carbonyl (C=O) groups is 1. The minimum atomic E-state index is -0.0568. The lowest BCUT2D eigenvalue weighted by atomic mass is 10.0. The van der Waals surface area contributed by atoms with E-state index in [0.717, 1.165) is 31.4 Å². The van der Waals surface area contributed by atoms with Gasteiger partial charge >= 0.3 is 0 Å². The zero-order chi connectivity index (χ0) is 13.7. The van der Waals surface area contributed by atoms with Gasteiger partial charge in [-0.3, -0.25) is 4.79 Å². The van der Waals surface area contributed by atoms with E-state index in [4.69, 9.17) is 11.6 Å². The first kappa shape index (κ1) is 14.1. The van der Waals surface area contributed by atoms with Crippen molar-refractivity contribution in [3.8, 4) is 0 Å². The molecule has 0 saturated carbocycles. The Balaban J connectivity index is 2.06. The van der Waals surface area contributed by atoms with Crippen molar-refractivity contribution in [3.63, 3.8) is 0 Å². The maximum atomic E-state index is 12.1. The molecule has 102 valence electrons. The first-order chi connectivity index (χ1) is 9.22. The summed E-state index contributed by atoms with van der Waals surface area (Å²) >= 11 is 6.03. The lowest BCUT2D eigenvalue weighted by Gasteiger charge is -2.33. The van der Waals surface area contributed by atoms with Crippen LogP contribution in [0.1, 0.15) is 24.8 Å². The molecule has 19 heavy (non-hydrogen) atoms. The molecule has 1 aromatic rings. The summed E-state index contributed by atoms with van der Waals surface area (Å²) < 4.78 is 0. The molecule has 0 aromatic heterocycles. The molecule has 1 aliphatic heterocycles. The highest BCUT2D eigenvalue weighted by Gasteiger charge is 2.24. The Morgan fingerprint density at radius 2 is 2.21 bits per heavy atom. The van der Waals surface area contributed by atoms with E-state index in [-0.39, 0.29) is 18.6 Å². The van der Waals surface area contributed by atoms with Crippen LogP contribution in [0, 0.1) is 0 Å². The second-order valence-electron chi connectivity index (χ2n) is 4.72. The highest BCUT2D eigenvalue weighted by Crippen LogP contribution is 2.19. The number of nitrogens with zero attached hydrogens (tertiary/aromatic N) is 1. The summed E-state index contributed by atoms with van der Waals surface area (Å²) in [5.74, 6) is -0.0568. The van der Waals surface area contributed by atoms with E-state index in [2.05, 4.69) is 0 Å². The van der Waals surface area contributed by atoms with Gasteiger partial charge in [0, 0.05) is 17.6 Å². The molecule has 1 heterocycles. The van der Waals surface area contributed by atoms with Gasteiger partial charge in [-0.25, -0.2) is 0 Å². The summed E-state index contributed by atoms with van der Waals surface area (Å²) in [6, 6.07) is 7.35. The molecule has 4 heteroatoms. The summed E-state index contributed by atoms with van der Waals surface area (Å²) in [6.07, 6.45) is 6.22. The highest BCUT2D eigenvalue weighted by molar-refractivity contribution is 6.32. The third-order valence-electron chi connectivity index (χ3n) is 3.43. The average molecular weight is 280 g/mol. The van der Waals surface area contributed by atoms with Crippen LogP contribution in [0.5, 0.6) is 0 Å². The summed E-state index contributed by atoms with van der Waals surface area (Å²) in [5.41, 5.74) is 0.829. The first-order valence-electron chi connectivity index (χ1n) is 6.56. The maximum Gasteiger partial charge on any atom is 0.246 e. The first-order valence-corrected chi connectivity index (χ1v) is 6.94. The number of rotatable bonds is 3. The number of hydrogen-bond donors (Lipinski definition) is 1. The number of benzene rings is 1. The van der Waals surface area contributed by atoms with Crippen LogP contribution in [-0.4, -0.2) is 35.1 Å². The van der Waals surface area contributed by atoms with E-state index < -0.39 is 0 Å². The molecule has 1 amide bonds. The third-order valence-corrected chi connectivity index (χ3v) is 3.78. The predicted molar refractivity (Wildman–Crippen MR) is 76.9 cm³/mol. The van der Waals surface area contributed by atoms with Crippen molar-refractivity contribution in [1.29, 1.82) is 0 Å². The van der Waals surface area contributed by atoms with E-state index >= 15 is 0 Å². The molecule has 1 aliphatic rings.